The highest BCUT2D eigenvalue weighted by molar-refractivity contribution is 5.53. The van der Waals surface area contributed by atoms with E-state index in [-0.39, 0.29) is 0 Å². The first-order valence-corrected chi connectivity index (χ1v) is 7.48. The highest BCUT2D eigenvalue weighted by atomic mass is 15.0. The SMILES string of the molecule is c1cc(NC2CCc3ccccc32)cc(-n2cccc2)c1. The molecule has 0 aliphatic heterocycles. The van der Waals surface area contributed by atoms with E-state index in [9.17, 15) is 0 Å². The topological polar surface area (TPSA) is 17.0 Å². The molecule has 1 unspecified atom stereocenters. The fourth-order valence-electron chi connectivity index (χ4n) is 3.17. The van der Waals surface area contributed by atoms with Crippen LogP contribution in [0.2, 0.25) is 0 Å². The normalized spacial score (nSPS) is 16.7. The van der Waals surface area contributed by atoms with E-state index >= 15 is 0 Å². The second kappa shape index (κ2) is 5.13. The Hall–Kier alpha value is -2.48. The number of aryl methyl sites for hydroxylation is 1. The van der Waals surface area contributed by atoms with Gasteiger partial charge in [0.1, 0.15) is 0 Å². The van der Waals surface area contributed by atoms with E-state index in [1.165, 1.54) is 35.3 Å². The van der Waals surface area contributed by atoms with Crippen LogP contribution in [0.25, 0.3) is 5.69 Å². The Morgan fingerprint density at radius 3 is 2.67 bits per heavy atom. The van der Waals surface area contributed by atoms with Gasteiger partial charge in [0.05, 0.1) is 6.04 Å². The van der Waals surface area contributed by atoms with E-state index in [0.29, 0.717) is 6.04 Å². The zero-order chi connectivity index (χ0) is 14.1. The number of anilines is 1. The maximum Gasteiger partial charge on any atom is 0.0519 e. The van der Waals surface area contributed by atoms with Crippen LogP contribution >= 0.6 is 0 Å². The average molecular weight is 274 g/mol. The molecule has 0 radical (unpaired) electrons. The summed E-state index contributed by atoms with van der Waals surface area (Å²) in [5.74, 6) is 0. The smallest absolute Gasteiger partial charge is 0.0519 e. The second-order valence-electron chi connectivity index (χ2n) is 5.58. The van der Waals surface area contributed by atoms with Crippen LogP contribution in [0, 0.1) is 0 Å². The van der Waals surface area contributed by atoms with Gasteiger partial charge in [-0.2, -0.15) is 0 Å². The molecular formula is C19H18N2. The summed E-state index contributed by atoms with van der Waals surface area (Å²) in [4.78, 5) is 0. The molecule has 2 heteroatoms. The van der Waals surface area contributed by atoms with Crippen LogP contribution in [-0.2, 0) is 6.42 Å². The number of hydrogen-bond donors (Lipinski definition) is 1. The fraction of sp³-hybridized carbons (Fsp3) is 0.158. The molecule has 1 heterocycles. The molecule has 0 amide bonds. The van der Waals surface area contributed by atoms with Crippen LogP contribution in [0.15, 0.2) is 73.1 Å². The predicted octanol–water partition coefficient (Wildman–Crippen LogP) is 4.58. The van der Waals surface area contributed by atoms with Gasteiger partial charge in [-0.1, -0.05) is 30.3 Å². The third kappa shape index (κ3) is 2.33. The summed E-state index contributed by atoms with van der Waals surface area (Å²) in [6.45, 7) is 0. The Kier molecular flexibility index (Phi) is 3.00. The number of hydrogen-bond acceptors (Lipinski definition) is 1. The Labute approximate surface area is 125 Å². The van der Waals surface area contributed by atoms with Gasteiger partial charge in [0.15, 0.2) is 0 Å². The number of nitrogens with one attached hydrogen (secondary N) is 1. The number of fused-ring (bicyclic) bond motifs is 1. The Morgan fingerprint density at radius 2 is 1.76 bits per heavy atom. The minimum absolute atomic E-state index is 0.432. The first-order chi connectivity index (χ1) is 10.4. The van der Waals surface area contributed by atoms with E-state index in [2.05, 4.69) is 70.8 Å². The van der Waals surface area contributed by atoms with Crippen LogP contribution in [0.5, 0.6) is 0 Å². The molecule has 0 fully saturated rings. The summed E-state index contributed by atoms with van der Waals surface area (Å²) in [5.41, 5.74) is 5.31. The third-order valence-corrected chi connectivity index (χ3v) is 4.22. The summed E-state index contributed by atoms with van der Waals surface area (Å²) in [6, 6.07) is 21.9. The molecule has 21 heavy (non-hydrogen) atoms. The first kappa shape index (κ1) is 12.3. The summed E-state index contributed by atoms with van der Waals surface area (Å²) < 4.78 is 2.13. The minimum Gasteiger partial charge on any atom is -0.378 e. The monoisotopic (exact) mass is 274 g/mol. The van der Waals surface area contributed by atoms with Crippen LogP contribution in [-0.4, -0.2) is 4.57 Å². The van der Waals surface area contributed by atoms with Crippen molar-refractivity contribution in [2.45, 2.75) is 18.9 Å². The Balaban J connectivity index is 1.60. The predicted molar refractivity (Wildman–Crippen MR) is 86.9 cm³/mol. The van der Waals surface area contributed by atoms with Gasteiger partial charge < -0.3 is 9.88 Å². The van der Waals surface area contributed by atoms with Crippen molar-refractivity contribution >= 4 is 5.69 Å². The largest absolute Gasteiger partial charge is 0.378 e. The molecule has 1 aliphatic rings. The van der Waals surface area contributed by atoms with Crippen LogP contribution < -0.4 is 5.32 Å². The van der Waals surface area contributed by atoms with E-state index in [1.807, 2.05) is 12.1 Å². The third-order valence-electron chi connectivity index (χ3n) is 4.22. The first-order valence-electron chi connectivity index (χ1n) is 7.48. The number of rotatable bonds is 3. The molecule has 2 aromatic carbocycles. The zero-order valence-electron chi connectivity index (χ0n) is 11.9. The quantitative estimate of drug-likeness (QED) is 0.740. The highest BCUT2D eigenvalue weighted by Gasteiger charge is 2.21. The molecule has 1 aliphatic carbocycles. The van der Waals surface area contributed by atoms with Gasteiger partial charge in [-0.3, -0.25) is 0 Å². The van der Waals surface area contributed by atoms with Crippen LogP contribution in [0.4, 0.5) is 5.69 Å². The van der Waals surface area contributed by atoms with Gasteiger partial charge in [0.2, 0.25) is 0 Å². The second-order valence-corrected chi connectivity index (χ2v) is 5.58. The lowest BCUT2D eigenvalue weighted by Gasteiger charge is -2.16. The van der Waals surface area contributed by atoms with Gasteiger partial charge in [0.25, 0.3) is 0 Å². The van der Waals surface area contributed by atoms with Crippen molar-refractivity contribution in [3.8, 4) is 5.69 Å². The van der Waals surface area contributed by atoms with Crippen molar-refractivity contribution in [1.82, 2.24) is 4.57 Å². The van der Waals surface area contributed by atoms with Crippen LogP contribution in [0.1, 0.15) is 23.6 Å². The maximum absolute atomic E-state index is 3.69. The number of benzene rings is 2. The molecule has 0 bridgehead atoms. The van der Waals surface area contributed by atoms with Crippen molar-refractivity contribution in [3.05, 3.63) is 84.2 Å². The molecule has 0 saturated carbocycles. The lowest BCUT2D eigenvalue weighted by Crippen LogP contribution is -2.07. The molecule has 0 saturated heterocycles. The van der Waals surface area contributed by atoms with Crippen LogP contribution in [0.3, 0.4) is 0 Å². The molecule has 0 spiro atoms. The summed E-state index contributed by atoms with van der Waals surface area (Å²) in [7, 11) is 0. The van der Waals surface area contributed by atoms with E-state index in [4.69, 9.17) is 0 Å². The molecule has 1 aromatic heterocycles. The van der Waals surface area contributed by atoms with Crippen molar-refractivity contribution < 1.29 is 0 Å². The summed E-state index contributed by atoms with van der Waals surface area (Å²) in [6.07, 6.45) is 6.49. The molecule has 4 rings (SSSR count). The van der Waals surface area contributed by atoms with Crippen molar-refractivity contribution in [3.63, 3.8) is 0 Å². The summed E-state index contributed by atoms with van der Waals surface area (Å²) >= 11 is 0. The van der Waals surface area contributed by atoms with Gasteiger partial charge in [-0.05, 0) is 54.3 Å². The zero-order valence-corrected chi connectivity index (χ0v) is 11.9. The Morgan fingerprint density at radius 1 is 0.905 bits per heavy atom. The summed E-state index contributed by atoms with van der Waals surface area (Å²) in [5, 5.41) is 3.69. The minimum atomic E-state index is 0.432. The van der Waals surface area contributed by atoms with Crippen molar-refractivity contribution in [1.29, 1.82) is 0 Å². The molecule has 2 nitrogen and oxygen atoms in total. The maximum atomic E-state index is 3.69. The van der Waals surface area contributed by atoms with Gasteiger partial charge >= 0.3 is 0 Å². The average Bonchev–Trinajstić information content (AvgIpc) is 3.18. The van der Waals surface area contributed by atoms with Crippen molar-refractivity contribution in [2.75, 3.05) is 5.32 Å². The molecule has 1 atom stereocenters. The lowest BCUT2D eigenvalue weighted by molar-refractivity contribution is 0.762. The number of nitrogens with zero attached hydrogens (tertiary/aromatic N) is 1. The van der Waals surface area contributed by atoms with E-state index < -0.39 is 0 Å². The van der Waals surface area contributed by atoms with Crippen molar-refractivity contribution in [2.24, 2.45) is 0 Å². The van der Waals surface area contributed by atoms with Gasteiger partial charge in [-0.15, -0.1) is 0 Å². The molecule has 104 valence electrons. The van der Waals surface area contributed by atoms with Gasteiger partial charge in [-0.25, -0.2) is 0 Å². The number of aromatic nitrogens is 1. The lowest BCUT2D eigenvalue weighted by atomic mass is 10.1. The molecular weight excluding hydrogens is 256 g/mol. The Bertz CT molecular complexity index is 744. The molecule has 3 aromatic rings. The van der Waals surface area contributed by atoms with E-state index in [1.54, 1.807) is 0 Å². The molecule has 1 N–H and O–H groups in total. The van der Waals surface area contributed by atoms with Gasteiger partial charge in [0, 0.05) is 23.8 Å². The van der Waals surface area contributed by atoms with E-state index in [0.717, 1.165) is 0 Å². The fourth-order valence-corrected chi connectivity index (χ4v) is 3.17. The highest BCUT2D eigenvalue weighted by Crippen LogP contribution is 2.33. The standard InChI is InChI=1S/C19H18N2/c1-2-9-18-15(6-1)10-11-19(18)20-16-7-5-8-17(14-16)21-12-3-4-13-21/h1-9,12-14,19-20H,10-11H2.